The number of nitrogens with zero attached hydrogens (tertiary/aromatic N) is 1. The van der Waals surface area contributed by atoms with Crippen molar-refractivity contribution in [1.29, 1.82) is 0 Å². The summed E-state index contributed by atoms with van der Waals surface area (Å²) in [6.45, 7) is 1.48. The number of benzene rings is 1. The van der Waals surface area contributed by atoms with Gasteiger partial charge in [-0.3, -0.25) is 4.99 Å². The molecule has 0 unspecified atom stereocenters. The smallest absolute Gasteiger partial charge is 0.356 e. The molecule has 0 aliphatic carbocycles. The van der Waals surface area contributed by atoms with Gasteiger partial charge < -0.3 is 10.6 Å². The highest BCUT2D eigenvalue weighted by Gasteiger charge is 2.29. The van der Waals surface area contributed by atoms with Crippen LogP contribution in [0, 0.1) is 0 Å². The first kappa shape index (κ1) is 23.4. The molecule has 0 radical (unpaired) electrons. The van der Waals surface area contributed by atoms with Gasteiger partial charge in [0.25, 0.3) is 0 Å². The molecule has 24 heavy (non-hydrogen) atoms. The molecule has 1 aromatic rings. The lowest BCUT2D eigenvalue weighted by atomic mass is 10.1. The third kappa shape index (κ3) is 9.61. The van der Waals surface area contributed by atoms with Crippen LogP contribution in [0.4, 0.5) is 13.2 Å². The number of rotatable bonds is 8. The summed E-state index contributed by atoms with van der Waals surface area (Å²) < 4.78 is 37.4. The molecule has 0 aliphatic rings. The minimum Gasteiger partial charge on any atom is -0.356 e. The third-order valence-electron chi connectivity index (χ3n) is 3.28. The number of hydrogen-bond donors (Lipinski definition) is 2. The number of halogens is 4. The molecule has 0 atom stereocenters. The molecule has 0 amide bonds. The Hall–Kier alpha value is -0.640. The highest BCUT2D eigenvalue weighted by Crippen LogP contribution is 2.29. The number of alkyl halides is 3. The quantitative estimate of drug-likeness (QED) is 0.257. The van der Waals surface area contributed by atoms with Crippen molar-refractivity contribution in [2.75, 3.05) is 32.1 Å². The molecular weight excluding hydrogens is 450 g/mol. The van der Waals surface area contributed by atoms with Gasteiger partial charge in [-0.25, -0.2) is 0 Å². The molecular formula is C16H25F3IN3S. The van der Waals surface area contributed by atoms with Crippen LogP contribution in [0.25, 0.3) is 0 Å². The van der Waals surface area contributed by atoms with Gasteiger partial charge in [0.2, 0.25) is 0 Å². The average Bonchev–Trinajstić information content (AvgIpc) is 2.52. The van der Waals surface area contributed by atoms with Gasteiger partial charge in [0.1, 0.15) is 0 Å². The van der Waals surface area contributed by atoms with Crippen molar-refractivity contribution >= 4 is 41.7 Å². The first-order chi connectivity index (χ1) is 11.0. The molecule has 0 spiro atoms. The summed E-state index contributed by atoms with van der Waals surface area (Å²) in [7, 11) is 1.70. The minimum atomic E-state index is -4.28. The molecule has 1 aromatic carbocycles. The zero-order valence-electron chi connectivity index (χ0n) is 13.9. The summed E-state index contributed by atoms with van der Waals surface area (Å²) in [5.41, 5.74) is 0.248. The summed E-state index contributed by atoms with van der Waals surface area (Å²) in [6, 6.07) is 5.27. The van der Waals surface area contributed by atoms with E-state index in [1.54, 1.807) is 7.05 Å². The first-order valence-corrected chi connectivity index (χ1v) is 8.96. The van der Waals surface area contributed by atoms with Gasteiger partial charge in [0.05, 0.1) is 5.56 Å². The largest absolute Gasteiger partial charge is 0.416 e. The van der Waals surface area contributed by atoms with Crippen molar-refractivity contribution in [2.45, 2.75) is 25.4 Å². The number of aliphatic imine (C=N–C) groups is 1. The van der Waals surface area contributed by atoms with Crippen LogP contribution in [0.2, 0.25) is 0 Å². The summed E-state index contributed by atoms with van der Waals surface area (Å²) in [5, 5.41) is 6.39. The normalized spacial score (nSPS) is 11.8. The Morgan fingerprint density at radius 3 is 2.25 bits per heavy atom. The number of nitrogens with one attached hydrogen (secondary N) is 2. The Kier molecular flexibility index (Phi) is 12.3. The maximum Gasteiger partial charge on any atom is 0.416 e. The maximum atomic E-state index is 12.5. The topological polar surface area (TPSA) is 36.4 Å². The van der Waals surface area contributed by atoms with Crippen LogP contribution in [0.3, 0.4) is 0 Å². The average molecular weight is 475 g/mol. The summed E-state index contributed by atoms with van der Waals surface area (Å²) in [5.74, 6) is 1.88. The predicted molar refractivity (Wildman–Crippen MR) is 108 cm³/mol. The van der Waals surface area contributed by atoms with Crippen molar-refractivity contribution < 1.29 is 13.2 Å². The molecule has 0 saturated carbocycles. The van der Waals surface area contributed by atoms with Crippen LogP contribution < -0.4 is 10.6 Å². The third-order valence-corrected chi connectivity index (χ3v) is 3.98. The van der Waals surface area contributed by atoms with E-state index in [9.17, 15) is 13.2 Å². The molecule has 2 N–H and O–H groups in total. The number of guanidine groups is 1. The van der Waals surface area contributed by atoms with Crippen LogP contribution in [-0.4, -0.2) is 38.1 Å². The molecule has 0 aliphatic heterocycles. The number of thioether (sulfide) groups is 1. The van der Waals surface area contributed by atoms with E-state index >= 15 is 0 Å². The Morgan fingerprint density at radius 2 is 1.71 bits per heavy atom. The SMILES string of the molecule is CN=C(NCCCCSC)NCCc1ccc(C(F)(F)F)cc1.I. The van der Waals surface area contributed by atoms with E-state index in [1.807, 2.05) is 11.8 Å². The van der Waals surface area contributed by atoms with Crippen LogP contribution in [0.1, 0.15) is 24.0 Å². The fourth-order valence-corrected chi connectivity index (χ4v) is 2.48. The van der Waals surface area contributed by atoms with Gasteiger partial charge in [-0.15, -0.1) is 24.0 Å². The van der Waals surface area contributed by atoms with Gasteiger partial charge in [-0.1, -0.05) is 12.1 Å². The van der Waals surface area contributed by atoms with Crippen molar-refractivity contribution in [3.8, 4) is 0 Å². The Bertz CT molecular complexity index is 478. The van der Waals surface area contributed by atoms with Crippen molar-refractivity contribution in [2.24, 2.45) is 4.99 Å². The maximum absolute atomic E-state index is 12.5. The van der Waals surface area contributed by atoms with E-state index in [2.05, 4.69) is 21.9 Å². The second-order valence-electron chi connectivity index (χ2n) is 5.07. The Labute approximate surface area is 163 Å². The lowest BCUT2D eigenvalue weighted by Gasteiger charge is -2.12. The fourth-order valence-electron chi connectivity index (χ4n) is 1.98. The molecule has 0 saturated heterocycles. The molecule has 138 valence electrons. The Balaban J connectivity index is 0.00000529. The van der Waals surface area contributed by atoms with Crippen LogP contribution in [0.5, 0.6) is 0 Å². The van der Waals surface area contributed by atoms with Crippen molar-refractivity contribution in [1.82, 2.24) is 10.6 Å². The molecule has 8 heteroatoms. The van der Waals surface area contributed by atoms with Gasteiger partial charge in [-0.05, 0) is 49.0 Å². The predicted octanol–water partition coefficient (Wildman–Crippen LogP) is 4.17. The minimum absolute atomic E-state index is 0. The zero-order valence-corrected chi connectivity index (χ0v) is 17.1. The van der Waals surface area contributed by atoms with Gasteiger partial charge in [0, 0.05) is 20.1 Å². The van der Waals surface area contributed by atoms with Crippen molar-refractivity contribution in [3.63, 3.8) is 0 Å². The summed E-state index contributed by atoms with van der Waals surface area (Å²) >= 11 is 1.84. The molecule has 0 fully saturated rings. The highest BCUT2D eigenvalue weighted by molar-refractivity contribution is 14.0. The van der Waals surface area contributed by atoms with E-state index < -0.39 is 11.7 Å². The number of unbranched alkanes of at least 4 members (excludes halogenated alkanes) is 1. The Morgan fingerprint density at radius 1 is 1.08 bits per heavy atom. The first-order valence-electron chi connectivity index (χ1n) is 7.57. The second-order valence-corrected chi connectivity index (χ2v) is 6.06. The summed E-state index contributed by atoms with van der Waals surface area (Å²) in [6.07, 6.45) is 0.705. The fraction of sp³-hybridized carbons (Fsp3) is 0.562. The van der Waals surface area contributed by atoms with Gasteiger partial charge in [-0.2, -0.15) is 24.9 Å². The van der Waals surface area contributed by atoms with E-state index in [-0.39, 0.29) is 24.0 Å². The highest BCUT2D eigenvalue weighted by atomic mass is 127. The van der Waals surface area contributed by atoms with Crippen molar-refractivity contribution in [3.05, 3.63) is 35.4 Å². The lowest BCUT2D eigenvalue weighted by molar-refractivity contribution is -0.137. The van der Waals surface area contributed by atoms with Crippen LogP contribution in [0.15, 0.2) is 29.3 Å². The summed E-state index contributed by atoms with van der Waals surface area (Å²) in [4.78, 5) is 4.12. The van der Waals surface area contributed by atoms with Gasteiger partial charge in [0.15, 0.2) is 5.96 Å². The lowest BCUT2D eigenvalue weighted by Crippen LogP contribution is -2.38. The van der Waals surface area contributed by atoms with Gasteiger partial charge >= 0.3 is 6.18 Å². The molecule has 3 nitrogen and oxygen atoms in total. The van der Waals surface area contributed by atoms with E-state index in [0.29, 0.717) is 13.0 Å². The van der Waals surface area contributed by atoms with Crippen LogP contribution >= 0.6 is 35.7 Å². The number of hydrogen-bond acceptors (Lipinski definition) is 2. The molecule has 0 heterocycles. The molecule has 0 bridgehead atoms. The van der Waals surface area contributed by atoms with Crippen LogP contribution in [-0.2, 0) is 12.6 Å². The van der Waals surface area contributed by atoms with E-state index in [0.717, 1.165) is 48.8 Å². The van der Waals surface area contributed by atoms with E-state index in [4.69, 9.17) is 0 Å². The molecule has 0 aromatic heterocycles. The monoisotopic (exact) mass is 475 g/mol. The van der Waals surface area contributed by atoms with E-state index in [1.165, 1.54) is 12.1 Å². The zero-order chi connectivity index (χ0) is 17.1. The molecule has 1 rings (SSSR count). The second kappa shape index (κ2) is 12.7. The standard InChI is InChI=1S/C16H24F3N3S.HI/c1-20-15(21-10-3-4-12-23-2)22-11-9-13-5-7-14(8-6-13)16(17,18)19;/h5-8H,3-4,9-12H2,1-2H3,(H2,20,21,22);1H.